The summed E-state index contributed by atoms with van der Waals surface area (Å²) in [6.07, 6.45) is -4.07. The van der Waals surface area contributed by atoms with Crippen LogP contribution in [0, 0.1) is 5.82 Å². The van der Waals surface area contributed by atoms with E-state index in [4.69, 9.17) is 4.42 Å². The molecule has 0 saturated carbocycles. The fourth-order valence-electron chi connectivity index (χ4n) is 2.18. The van der Waals surface area contributed by atoms with Crippen molar-refractivity contribution in [3.8, 4) is 0 Å². The molecule has 0 saturated heterocycles. The fourth-order valence-corrected chi connectivity index (χ4v) is 2.18. The van der Waals surface area contributed by atoms with Gasteiger partial charge in [0.1, 0.15) is 17.3 Å². The summed E-state index contributed by atoms with van der Waals surface area (Å²) < 4.78 is 58.0. The summed E-state index contributed by atoms with van der Waals surface area (Å²) in [5.74, 6) is -0.205. The maximum Gasteiger partial charge on any atom is 0.419 e. The zero-order chi connectivity index (χ0) is 15.6. The molecular formula is C15H15F4NO. The molecule has 0 amide bonds. The van der Waals surface area contributed by atoms with E-state index >= 15 is 0 Å². The van der Waals surface area contributed by atoms with E-state index in [1.54, 1.807) is 19.2 Å². The Kier molecular flexibility index (Phi) is 4.37. The molecular weight excluding hydrogens is 286 g/mol. The van der Waals surface area contributed by atoms with Gasteiger partial charge in [-0.05, 0) is 25.2 Å². The Bertz CT molecular complexity index is 618. The number of halogens is 4. The summed E-state index contributed by atoms with van der Waals surface area (Å²) in [7, 11) is 1.54. The molecule has 114 valence electrons. The molecule has 1 atom stereocenters. The molecule has 0 spiro atoms. The molecule has 2 rings (SSSR count). The lowest BCUT2D eigenvalue weighted by atomic mass is 10.0. The van der Waals surface area contributed by atoms with Gasteiger partial charge in [0.15, 0.2) is 0 Å². The van der Waals surface area contributed by atoms with Crippen molar-refractivity contribution in [3.63, 3.8) is 0 Å². The third-order valence-electron chi connectivity index (χ3n) is 3.25. The average Bonchev–Trinajstić information content (AvgIpc) is 2.89. The van der Waals surface area contributed by atoms with Gasteiger partial charge >= 0.3 is 6.18 Å². The van der Waals surface area contributed by atoms with Crippen LogP contribution in [0.1, 0.15) is 35.6 Å². The largest absolute Gasteiger partial charge is 0.464 e. The SMILES string of the molecule is CCc1ccc(C(NC)c2cccc(C(F)(F)F)c2F)o1. The maximum atomic E-state index is 14.2. The van der Waals surface area contributed by atoms with Crippen LogP contribution >= 0.6 is 0 Å². The Morgan fingerprint density at radius 2 is 1.90 bits per heavy atom. The Labute approximate surface area is 119 Å². The molecule has 0 radical (unpaired) electrons. The van der Waals surface area contributed by atoms with E-state index in [1.807, 2.05) is 6.92 Å². The van der Waals surface area contributed by atoms with Gasteiger partial charge in [-0.1, -0.05) is 19.1 Å². The number of furan rings is 1. The molecule has 2 nitrogen and oxygen atoms in total. The van der Waals surface area contributed by atoms with Gasteiger partial charge in [0.25, 0.3) is 0 Å². The fraction of sp³-hybridized carbons (Fsp3) is 0.333. The third kappa shape index (κ3) is 3.10. The van der Waals surface area contributed by atoms with E-state index in [9.17, 15) is 17.6 Å². The van der Waals surface area contributed by atoms with Gasteiger partial charge in [-0.15, -0.1) is 0 Å². The van der Waals surface area contributed by atoms with Crippen molar-refractivity contribution >= 4 is 0 Å². The topological polar surface area (TPSA) is 25.2 Å². The van der Waals surface area contributed by atoms with Crippen molar-refractivity contribution in [1.29, 1.82) is 0 Å². The van der Waals surface area contributed by atoms with E-state index in [-0.39, 0.29) is 5.56 Å². The first-order valence-electron chi connectivity index (χ1n) is 6.50. The first-order chi connectivity index (χ1) is 9.88. The van der Waals surface area contributed by atoms with Crippen LogP contribution in [-0.4, -0.2) is 7.05 Å². The third-order valence-corrected chi connectivity index (χ3v) is 3.25. The Hall–Kier alpha value is -1.82. The van der Waals surface area contributed by atoms with E-state index < -0.39 is 23.6 Å². The van der Waals surface area contributed by atoms with E-state index in [1.165, 1.54) is 12.1 Å². The quantitative estimate of drug-likeness (QED) is 0.851. The number of nitrogens with one attached hydrogen (secondary N) is 1. The smallest absolute Gasteiger partial charge is 0.419 e. The maximum absolute atomic E-state index is 14.2. The second-order valence-corrected chi connectivity index (χ2v) is 4.59. The number of rotatable bonds is 4. The van der Waals surface area contributed by atoms with Crippen LogP contribution in [-0.2, 0) is 12.6 Å². The molecule has 0 bridgehead atoms. The predicted octanol–water partition coefficient (Wildman–Crippen LogP) is 4.31. The van der Waals surface area contributed by atoms with Crippen molar-refractivity contribution in [3.05, 3.63) is 58.8 Å². The van der Waals surface area contributed by atoms with E-state index in [0.717, 1.165) is 6.07 Å². The second kappa shape index (κ2) is 5.89. The average molecular weight is 301 g/mol. The number of hydrogen-bond donors (Lipinski definition) is 1. The van der Waals surface area contributed by atoms with Gasteiger partial charge < -0.3 is 9.73 Å². The van der Waals surface area contributed by atoms with Gasteiger partial charge in [-0.2, -0.15) is 13.2 Å². The highest BCUT2D eigenvalue weighted by molar-refractivity contribution is 5.34. The molecule has 1 unspecified atom stereocenters. The minimum Gasteiger partial charge on any atom is -0.464 e. The zero-order valence-corrected chi connectivity index (χ0v) is 11.6. The Morgan fingerprint density at radius 3 is 2.43 bits per heavy atom. The molecule has 0 aliphatic rings. The molecule has 1 heterocycles. The minimum absolute atomic E-state index is 0.0932. The molecule has 0 fully saturated rings. The van der Waals surface area contributed by atoms with Gasteiger partial charge in [0, 0.05) is 12.0 Å². The molecule has 6 heteroatoms. The summed E-state index contributed by atoms with van der Waals surface area (Å²) in [5.41, 5.74) is -1.37. The summed E-state index contributed by atoms with van der Waals surface area (Å²) in [5, 5.41) is 2.79. The Morgan fingerprint density at radius 1 is 1.19 bits per heavy atom. The summed E-state index contributed by atoms with van der Waals surface area (Å²) >= 11 is 0. The van der Waals surface area contributed by atoms with Gasteiger partial charge in [0.05, 0.1) is 11.6 Å². The van der Waals surface area contributed by atoms with Crippen molar-refractivity contribution in [2.45, 2.75) is 25.6 Å². The van der Waals surface area contributed by atoms with Crippen molar-refractivity contribution < 1.29 is 22.0 Å². The van der Waals surface area contributed by atoms with E-state index in [2.05, 4.69) is 5.32 Å². The second-order valence-electron chi connectivity index (χ2n) is 4.59. The molecule has 1 aromatic heterocycles. The molecule has 0 aliphatic heterocycles. The van der Waals surface area contributed by atoms with Gasteiger partial charge in [0.2, 0.25) is 0 Å². The highest BCUT2D eigenvalue weighted by Crippen LogP contribution is 2.35. The predicted molar refractivity (Wildman–Crippen MR) is 70.4 cm³/mol. The lowest BCUT2D eigenvalue weighted by molar-refractivity contribution is -0.140. The van der Waals surface area contributed by atoms with Crippen molar-refractivity contribution in [2.75, 3.05) is 7.05 Å². The van der Waals surface area contributed by atoms with Crippen LogP contribution in [0.25, 0.3) is 0 Å². The zero-order valence-electron chi connectivity index (χ0n) is 11.6. The molecule has 2 aromatic rings. The van der Waals surface area contributed by atoms with Gasteiger partial charge in [-0.25, -0.2) is 4.39 Å². The first-order valence-corrected chi connectivity index (χ1v) is 6.50. The molecule has 1 aromatic carbocycles. The highest BCUT2D eigenvalue weighted by atomic mass is 19.4. The standard InChI is InChI=1S/C15H15F4NO/c1-3-9-7-8-12(21-9)14(20-2)10-5-4-6-11(13(10)16)15(17,18)19/h4-8,14,20H,3H2,1-2H3. The van der Waals surface area contributed by atoms with E-state index in [0.29, 0.717) is 17.9 Å². The van der Waals surface area contributed by atoms with Crippen LogP contribution in [0.15, 0.2) is 34.7 Å². The van der Waals surface area contributed by atoms with Crippen molar-refractivity contribution in [1.82, 2.24) is 5.32 Å². The van der Waals surface area contributed by atoms with Gasteiger partial charge in [-0.3, -0.25) is 0 Å². The first kappa shape index (κ1) is 15.6. The Balaban J connectivity index is 2.48. The van der Waals surface area contributed by atoms with Crippen LogP contribution < -0.4 is 5.32 Å². The van der Waals surface area contributed by atoms with Crippen LogP contribution in [0.5, 0.6) is 0 Å². The number of alkyl halides is 3. The summed E-state index contributed by atoms with van der Waals surface area (Å²) in [6, 6.07) is 5.83. The number of benzene rings is 1. The molecule has 0 aliphatic carbocycles. The monoisotopic (exact) mass is 301 g/mol. The lowest BCUT2D eigenvalue weighted by Crippen LogP contribution is -2.20. The van der Waals surface area contributed by atoms with Crippen LogP contribution in [0.3, 0.4) is 0 Å². The number of hydrogen-bond acceptors (Lipinski definition) is 2. The summed E-state index contributed by atoms with van der Waals surface area (Å²) in [4.78, 5) is 0. The van der Waals surface area contributed by atoms with Crippen LogP contribution in [0.2, 0.25) is 0 Å². The molecule has 1 N–H and O–H groups in total. The van der Waals surface area contributed by atoms with Crippen LogP contribution in [0.4, 0.5) is 17.6 Å². The number of aryl methyl sites for hydroxylation is 1. The summed E-state index contributed by atoms with van der Waals surface area (Å²) in [6.45, 7) is 1.89. The highest BCUT2D eigenvalue weighted by Gasteiger charge is 2.36. The minimum atomic E-state index is -4.73. The lowest BCUT2D eigenvalue weighted by Gasteiger charge is -2.17. The normalized spacial score (nSPS) is 13.4. The molecule has 21 heavy (non-hydrogen) atoms. The van der Waals surface area contributed by atoms with Crippen molar-refractivity contribution in [2.24, 2.45) is 0 Å².